The molecule has 0 saturated carbocycles. The Morgan fingerprint density at radius 3 is 2.37 bits per heavy atom. The number of sulfonamides is 1. The molecule has 0 aromatic heterocycles. The summed E-state index contributed by atoms with van der Waals surface area (Å²) in [7, 11) is -2.16. The van der Waals surface area contributed by atoms with Crippen LogP contribution in [0, 0.1) is 6.92 Å². The largest absolute Gasteiger partial charge is 0.394 e. The first kappa shape index (κ1) is 16.1. The van der Waals surface area contributed by atoms with Gasteiger partial charge in [0.1, 0.15) is 0 Å². The van der Waals surface area contributed by atoms with Crippen LogP contribution in [-0.4, -0.2) is 37.0 Å². The van der Waals surface area contributed by atoms with Gasteiger partial charge in [-0.2, -0.15) is 4.31 Å². The molecule has 0 aliphatic rings. The topological polar surface area (TPSA) is 83.6 Å². The van der Waals surface area contributed by atoms with Crippen molar-refractivity contribution >= 4 is 10.0 Å². The Bertz CT molecular complexity index is 553. The van der Waals surface area contributed by atoms with Crippen molar-refractivity contribution in [2.45, 2.75) is 37.8 Å². The van der Waals surface area contributed by atoms with Gasteiger partial charge in [0.15, 0.2) is 0 Å². The summed E-state index contributed by atoms with van der Waals surface area (Å²) in [5.74, 6) is 0. The molecule has 0 aliphatic carbocycles. The SMILES string of the molecule is Cc1cc(CN)ccc1S(=O)(=O)N(C)C(C)(C)CO. The Hall–Kier alpha value is -0.950. The number of hydrogen-bond acceptors (Lipinski definition) is 4. The summed E-state index contributed by atoms with van der Waals surface area (Å²) in [4.78, 5) is 0.244. The van der Waals surface area contributed by atoms with Crippen LogP contribution >= 0.6 is 0 Å². The maximum atomic E-state index is 12.5. The smallest absolute Gasteiger partial charge is 0.243 e. The van der Waals surface area contributed by atoms with Crippen molar-refractivity contribution in [3.05, 3.63) is 29.3 Å². The van der Waals surface area contributed by atoms with Crippen molar-refractivity contribution in [1.29, 1.82) is 0 Å². The van der Waals surface area contributed by atoms with Crippen molar-refractivity contribution in [3.8, 4) is 0 Å². The molecule has 108 valence electrons. The highest BCUT2D eigenvalue weighted by Crippen LogP contribution is 2.25. The van der Waals surface area contributed by atoms with Gasteiger partial charge < -0.3 is 10.8 Å². The summed E-state index contributed by atoms with van der Waals surface area (Å²) < 4.78 is 26.3. The number of nitrogens with zero attached hydrogens (tertiary/aromatic N) is 1. The number of aliphatic hydroxyl groups excluding tert-OH is 1. The molecule has 1 rings (SSSR count). The second-order valence-electron chi connectivity index (χ2n) is 5.25. The molecule has 0 bridgehead atoms. The lowest BCUT2D eigenvalue weighted by atomic mass is 10.1. The van der Waals surface area contributed by atoms with Crippen molar-refractivity contribution in [1.82, 2.24) is 4.31 Å². The number of benzene rings is 1. The summed E-state index contributed by atoms with van der Waals surface area (Å²) >= 11 is 0. The highest BCUT2D eigenvalue weighted by molar-refractivity contribution is 7.89. The van der Waals surface area contributed by atoms with Crippen molar-refractivity contribution in [3.63, 3.8) is 0 Å². The second kappa shape index (κ2) is 5.58. The Morgan fingerprint density at radius 2 is 1.95 bits per heavy atom. The van der Waals surface area contributed by atoms with Crippen LogP contribution in [0.15, 0.2) is 23.1 Å². The van der Waals surface area contributed by atoms with Gasteiger partial charge in [0.05, 0.1) is 17.0 Å². The molecule has 0 aliphatic heterocycles. The molecule has 0 fully saturated rings. The first-order valence-corrected chi connectivity index (χ1v) is 7.50. The van der Waals surface area contributed by atoms with Gasteiger partial charge in [0.2, 0.25) is 10.0 Å². The molecule has 6 heteroatoms. The second-order valence-corrected chi connectivity index (χ2v) is 7.18. The van der Waals surface area contributed by atoms with Gasteiger partial charge in [-0.05, 0) is 38.0 Å². The zero-order chi connectivity index (χ0) is 14.8. The van der Waals surface area contributed by atoms with E-state index in [0.717, 1.165) is 5.56 Å². The lowest BCUT2D eigenvalue weighted by Crippen LogP contribution is -2.47. The van der Waals surface area contributed by atoms with E-state index in [-0.39, 0.29) is 11.5 Å². The molecule has 1 aromatic rings. The number of hydrogen-bond donors (Lipinski definition) is 2. The lowest BCUT2D eigenvalue weighted by molar-refractivity contribution is 0.138. The molecular formula is C13H22N2O3S. The van der Waals surface area contributed by atoms with E-state index in [1.807, 2.05) is 0 Å². The minimum atomic E-state index is -3.63. The molecule has 1 aromatic carbocycles. The summed E-state index contributed by atoms with van der Waals surface area (Å²) in [6, 6.07) is 5.04. The molecule has 0 heterocycles. The van der Waals surface area contributed by atoms with Gasteiger partial charge in [-0.1, -0.05) is 12.1 Å². The molecule has 0 amide bonds. The van der Waals surface area contributed by atoms with Crippen LogP contribution < -0.4 is 5.73 Å². The van der Waals surface area contributed by atoms with Crippen molar-refractivity contribution in [2.24, 2.45) is 5.73 Å². The Labute approximate surface area is 115 Å². The molecule has 19 heavy (non-hydrogen) atoms. The Morgan fingerprint density at radius 1 is 1.37 bits per heavy atom. The number of aliphatic hydroxyl groups is 1. The fourth-order valence-electron chi connectivity index (χ4n) is 1.70. The summed E-state index contributed by atoms with van der Waals surface area (Å²) in [5, 5.41) is 9.30. The lowest BCUT2D eigenvalue weighted by Gasteiger charge is -2.33. The first-order valence-electron chi connectivity index (χ1n) is 6.06. The monoisotopic (exact) mass is 286 g/mol. The van der Waals surface area contributed by atoms with Crippen LogP contribution in [0.4, 0.5) is 0 Å². The van der Waals surface area contributed by atoms with Crippen LogP contribution in [0.3, 0.4) is 0 Å². The Kier molecular flexibility index (Phi) is 4.73. The van der Waals surface area contributed by atoms with E-state index >= 15 is 0 Å². The normalized spacial score (nSPS) is 13.0. The van der Waals surface area contributed by atoms with Gasteiger partial charge in [0, 0.05) is 13.6 Å². The van der Waals surface area contributed by atoms with E-state index in [0.29, 0.717) is 12.1 Å². The molecule has 0 unspecified atom stereocenters. The van der Waals surface area contributed by atoms with E-state index < -0.39 is 15.6 Å². The standard InChI is InChI=1S/C13H22N2O3S/c1-10-7-11(8-14)5-6-12(10)19(17,18)15(4)13(2,3)9-16/h5-7,16H,8-9,14H2,1-4H3. The van der Waals surface area contributed by atoms with Gasteiger partial charge in [-0.25, -0.2) is 8.42 Å². The number of rotatable bonds is 5. The van der Waals surface area contributed by atoms with E-state index in [1.165, 1.54) is 11.4 Å². The van der Waals surface area contributed by atoms with Crippen LogP contribution in [-0.2, 0) is 16.6 Å². The number of likely N-dealkylation sites (N-methyl/N-ethyl adjacent to an activating group) is 1. The van der Waals surface area contributed by atoms with E-state index in [2.05, 4.69) is 0 Å². The van der Waals surface area contributed by atoms with E-state index in [4.69, 9.17) is 5.73 Å². The van der Waals surface area contributed by atoms with Crippen LogP contribution in [0.1, 0.15) is 25.0 Å². The summed E-state index contributed by atoms with van der Waals surface area (Å²) in [5.41, 5.74) is 6.23. The minimum Gasteiger partial charge on any atom is -0.394 e. The first-order chi connectivity index (χ1) is 8.66. The zero-order valence-electron chi connectivity index (χ0n) is 11.8. The third-order valence-electron chi connectivity index (χ3n) is 3.35. The fourth-order valence-corrected chi connectivity index (χ4v) is 3.41. The summed E-state index contributed by atoms with van der Waals surface area (Å²) in [6.45, 7) is 5.22. The predicted octanol–water partition coefficient (Wildman–Crippen LogP) is 0.845. The molecular weight excluding hydrogens is 264 g/mol. The van der Waals surface area contributed by atoms with Crippen molar-refractivity contribution < 1.29 is 13.5 Å². The molecule has 3 N–H and O–H groups in total. The molecule has 0 atom stereocenters. The average Bonchev–Trinajstić information content (AvgIpc) is 2.37. The van der Waals surface area contributed by atoms with E-state index in [1.54, 1.807) is 39.0 Å². The van der Waals surface area contributed by atoms with Gasteiger partial charge in [0.25, 0.3) is 0 Å². The molecule has 0 radical (unpaired) electrons. The van der Waals surface area contributed by atoms with Crippen LogP contribution in [0.2, 0.25) is 0 Å². The third kappa shape index (κ3) is 3.14. The molecule has 0 saturated heterocycles. The number of nitrogens with two attached hydrogens (primary N) is 1. The predicted molar refractivity (Wildman–Crippen MR) is 75.2 cm³/mol. The van der Waals surface area contributed by atoms with Crippen molar-refractivity contribution in [2.75, 3.05) is 13.7 Å². The Balaban J connectivity index is 3.28. The summed E-state index contributed by atoms with van der Waals surface area (Å²) in [6.07, 6.45) is 0. The van der Waals surface area contributed by atoms with Crippen LogP contribution in [0.25, 0.3) is 0 Å². The highest BCUT2D eigenvalue weighted by Gasteiger charge is 2.34. The maximum Gasteiger partial charge on any atom is 0.243 e. The quantitative estimate of drug-likeness (QED) is 0.840. The fraction of sp³-hybridized carbons (Fsp3) is 0.538. The molecule has 0 spiro atoms. The molecule has 5 nitrogen and oxygen atoms in total. The third-order valence-corrected chi connectivity index (χ3v) is 5.58. The van der Waals surface area contributed by atoms with Gasteiger partial charge in [-0.15, -0.1) is 0 Å². The average molecular weight is 286 g/mol. The maximum absolute atomic E-state index is 12.5. The van der Waals surface area contributed by atoms with Gasteiger partial charge >= 0.3 is 0 Å². The zero-order valence-corrected chi connectivity index (χ0v) is 12.7. The van der Waals surface area contributed by atoms with Crippen LogP contribution in [0.5, 0.6) is 0 Å². The minimum absolute atomic E-state index is 0.244. The number of aryl methyl sites for hydroxylation is 1. The van der Waals surface area contributed by atoms with Gasteiger partial charge in [-0.3, -0.25) is 0 Å². The highest BCUT2D eigenvalue weighted by atomic mass is 32.2. The van der Waals surface area contributed by atoms with E-state index in [9.17, 15) is 13.5 Å².